The van der Waals surface area contributed by atoms with Crippen LogP contribution in [0, 0.1) is 0 Å². The van der Waals surface area contributed by atoms with Gasteiger partial charge in [-0.15, -0.1) is 0 Å². The van der Waals surface area contributed by atoms with Crippen molar-refractivity contribution in [2.45, 2.75) is 38.0 Å². The molecule has 2 aliphatic rings. The first-order chi connectivity index (χ1) is 9.47. The average Bonchev–Trinajstić information content (AvgIpc) is 2.79. The number of aromatic nitrogens is 2. The molecule has 0 saturated carbocycles. The van der Waals surface area contributed by atoms with E-state index in [0.29, 0.717) is 37.3 Å². The second kappa shape index (κ2) is 4.76. The first-order valence-corrected chi connectivity index (χ1v) is 6.61. The Morgan fingerprint density at radius 2 is 2.10 bits per heavy atom. The minimum absolute atomic E-state index is 0.106. The maximum atomic E-state index is 13.2. The number of amides is 1. The van der Waals surface area contributed by atoms with Gasteiger partial charge in [-0.2, -0.15) is 13.2 Å². The van der Waals surface area contributed by atoms with Crippen LogP contribution in [0.1, 0.15) is 36.1 Å². The highest BCUT2D eigenvalue weighted by Gasteiger charge is 2.41. The van der Waals surface area contributed by atoms with Crippen molar-refractivity contribution >= 4 is 5.91 Å². The van der Waals surface area contributed by atoms with Crippen LogP contribution in [0.2, 0.25) is 0 Å². The second-order valence-corrected chi connectivity index (χ2v) is 5.12. The maximum absolute atomic E-state index is 13.2. The molecule has 0 aromatic carbocycles. The van der Waals surface area contributed by atoms with Crippen LogP contribution < -0.4 is 10.6 Å². The Morgan fingerprint density at radius 1 is 1.30 bits per heavy atom. The molecule has 0 spiro atoms. The van der Waals surface area contributed by atoms with E-state index in [-0.39, 0.29) is 24.9 Å². The molecule has 2 aliphatic heterocycles. The number of halogens is 3. The van der Waals surface area contributed by atoms with Gasteiger partial charge in [0.05, 0.1) is 11.7 Å². The highest BCUT2D eigenvalue weighted by atomic mass is 19.4. The number of imidazole rings is 1. The first-order valence-electron chi connectivity index (χ1n) is 6.61. The van der Waals surface area contributed by atoms with Crippen molar-refractivity contribution in [2.24, 2.45) is 0 Å². The normalized spacial score (nSPS) is 23.4. The van der Waals surface area contributed by atoms with Crippen LogP contribution in [-0.2, 0) is 23.9 Å². The molecule has 1 saturated heterocycles. The lowest BCUT2D eigenvalue weighted by atomic mass is 10.1. The smallest absolute Gasteiger partial charge is 0.354 e. The molecule has 1 unspecified atom stereocenters. The summed E-state index contributed by atoms with van der Waals surface area (Å²) in [5, 5.41) is 5.67. The van der Waals surface area contributed by atoms with Gasteiger partial charge in [-0.1, -0.05) is 0 Å². The van der Waals surface area contributed by atoms with Crippen LogP contribution >= 0.6 is 0 Å². The molecule has 0 radical (unpaired) electrons. The lowest BCUT2D eigenvalue weighted by molar-refractivity contribution is -0.148. The van der Waals surface area contributed by atoms with Gasteiger partial charge in [0.25, 0.3) is 0 Å². The minimum Gasteiger partial charge on any atom is -0.354 e. The van der Waals surface area contributed by atoms with Crippen LogP contribution in [0.15, 0.2) is 0 Å². The van der Waals surface area contributed by atoms with E-state index < -0.39 is 12.0 Å². The van der Waals surface area contributed by atoms with Crippen LogP contribution in [0.3, 0.4) is 0 Å². The topological polar surface area (TPSA) is 59.0 Å². The van der Waals surface area contributed by atoms with Gasteiger partial charge in [0.2, 0.25) is 11.7 Å². The van der Waals surface area contributed by atoms with Gasteiger partial charge < -0.3 is 15.2 Å². The predicted molar refractivity (Wildman–Crippen MR) is 63.9 cm³/mol. The molecule has 0 bridgehead atoms. The van der Waals surface area contributed by atoms with E-state index in [1.165, 1.54) is 4.57 Å². The summed E-state index contributed by atoms with van der Waals surface area (Å²) in [4.78, 5) is 15.0. The van der Waals surface area contributed by atoms with E-state index in [4.69, 9.17) is 0 Å². The van der Waals surface area contributed by atoms with E-state index in [2.05, 4.69) is 15.6 Å². The maximum Gasteiger partial charge on any atom is 0.449 e. The van der Waals surface area contributed by atoms with Crippen molar-refractivity contribution in [1.82, 2.24) is 20.2 Å². The zero-order chi connectivity index (χ0) is 14.3. The lowest BCUT2D eigenvalue weighted by Gasteiger charge is -2.28. The van der Waals surface area contributed by atoms with Crippen molar-refractivity contribution in [3.63, 3.8) is 0 Å². The molecule has 2 N–H and O–H groups in total. The first kappa shape index (κ1) is 13.4. The molecule has 3 heterocycles. The summed E-state index contributed by atoms with van der Waals surface area (Å²) in [7, 11) is 0. The van der Waals surface area contributed by atoms with E-state index in [1.807, 2.05) is 0 Å². The summed E-state index contributed by atoms with van der Waals surface area (Å²) in [5.41, 5.74) is 1.12. The highest BCUT2D eigenvalue weighted by Crippen LogP contribution is 2.35. The van der Waals surface area contributed by atoms with Crippen molar-refractivity contribution in [1.29, 1.82) is 0 Å². The van der Waals surface area contributed by atoms with Gasteiger partial charge in [0, 0.05) is 38.2 Å². The van der Waals surface area contributed by atoms with Crippen molar-refractivity contribution in [3.05, 3.63) is 17.2 Å². The van der Waals surface area contributed by atoms with Gasteiger partial charge in [-0.25, -0.2) is 4.98 Å². The molecule has 1 aromatic rings. The van der Waals surface area contributed by atoms with Crippen molar-refractivity contribution < 1.29 is 18.0 Å². The number of hydrogen-bond donors (Lipinski definition) is 2. The lowest BCUT2D eigenvalue weighted by Crippen LogP contribution is -2.38. The minimum atomic E-state index is -4.47. The molecule has 20 heavy (non-hydrogen) atoms. The summed E-state index contributed by atoms with van der Waals surface area (Å²) in [6, 6.07) is -0.362. The standard InChI is InChI=1S/C12H15F3N4O/c13-12(14,15)11-18-8-6-16-4-3-9(8)19(11)7-1-2-10(20)17-5-7/h7,16H,1-6H2,(H,17,20). The number of rotatable bonds is 1. The van der Waals surface area contributed by atoms with E-state index >= 15 is 0 Å². The molecule has 0 aliphatic carbocycles. The Morgan fingerprint density at radius 3 is 2.75 bits per heavy atom. The van der Waals surface area contributed by atoms with Crippen molar-refractivity contribution in [2.75, 3.05) is 13.1 Å². The van der Waals surface area contributed by atoms with Crippen LogP contribution in [-0.4, -0.2) is 28.5 Å². The van der Waals surface area contributed by atoms with Crippen molar-refractivity contribution in [3.8, 4) is 0 Å². The Kier molecular flexibility index (Phi) is 3.19. The zero-order valence-electron chi connectivity index (χ0n) is 10.8. The highest BCUT2D eigenvalue weighted by molar-refractivity contribution is 5.76. The fraction of sp³-hybridized carbons (Fsp3) is 0.667. The Hall–Kier alpha value is -1.57. The molecule has 5 nitrogen and oxygen atoms in total. The number of nitrogens with one attached hydrogen (secondary N) is 2. The quantitative estimate of drug-likeness (QED) is 0.810. The summed E-state index contributed by atoms with van der Waals surface area (Å²) < 4.78 is 40.8. The van der Waals surface area contributed by atoms with E-state index in [1.54, 1.807) is 0 Å². The van der Waals surface area contributed by atoms with E-state index in [9.17, 15) is 18.0 Å². The third-order valence-corrected chi connectivity index (χ3v) is 3.78. The second-order valence-electron chi connectivity index (χ2n) is 5.12. The summed E-state index contributed by atoms with van der Waals surface area (Å²) in [6.45, 7) is 1.25. The Bertz CT molecular complexity index is 528. The molecule has 3 rings (SSSR count). The number of hydrogen-bond acceptors (Lipinski definition) is 3. The molecule has 1 atom stereocenters. The molecule has 1 amide bonds. The van der Waals surface area contributed by atoms with Crippen LogP contribution in [0.5, 0.6) is 0 Å². The average molecular weight is 288 g/mol. The van der Waals surface area contributed by atoms with Crippen LogP contribution in [0.4, 0.5) is 13.2 Å². The fourth-order valence-electron chi connectivity index (χ4n) is 2.87. The Balaban J connectivity index is 2.02. The van der Waals surface area contributed by atoms with Gasteiger partial charge in [0.1, 0.15) is 0 Å². The predicted octanol–water partition coefficient (Wildman–Crippen LogP) is 0.999. The largest absolute Gasteiger partial charge is 0.449 e. The van der Waals surface area contributed by atoms with Gasteiger partial charge in [-0.3, -0.25) is 4.79 Å². The fourth-order valence-corrected chi connectivity index (χ4v) is 2.87. The SMILES string of the molecule is O=C1CCC(n2c(C(F)(F)F)nc3c2CCNC3)CN1. The zero-order valence-corrected chi connectivity index (χ0v) is 10.8. The number of fused-ring (bicyclic) bond motifs is 1. The molecule has 110 valence electrons. The number of piperidine rings is 1. The molecular formula is C12H15F3N4O. The summed E-state index contributed by atoms with van der Waals surface area (Å²) in [5.74, 6) is -0.946. The van der Waals surface area contributed by atoms with Gasteiger partial charge in [-0.05, 0) is 6.42 Å². The van der Waals surface area contributed by atoms with Gasteiger partial charge >= 0.3 is 6.18 Å². The number of carbonyl (C=O) groups is 1. The molecular weight excluding hydrogens is 273 g/mol. The monoisotopic (exact) mass is 288 g/mol. The number of alkyl halides is 3. The molecule has 1 aromatic heterocycles. The third kappa shape index (κ3) is 2.28. The van der Waals surface area contributed by atoms with E-state index in [0.717, 1.165) is 0 Å². The summed E-state index contributed by atoms with van der Waals surface area (Å²) in [6.07, 6.45) is -3.26. The molecule has 1 fully saturated rings. The Labute approximate surface area is 113 Å². The van der Waals surface area contributed by atoms with Gasteiger partial charge in [0.15, 0.2) is 0 Å². The number of carbonyl (C=O) groups excluding carboxylic acids is 1. The molecule has 8 heteroatoms. The number of nitrogens with zero attached hydrogens (tertiary/aromatic N) is 2. The van der Waals surface area contributed by atoms with Crippen LogP contribution in [0.25, 0.3) is 0 Å². The summed E-state index contributed by atoms with van der Waals surface area (Å²) >= 11 is 0. The third-order valence-electron chi connectivity index (χ3n) is 3.78.